The number of benzene rings is 2. The second-order valence-corrected chi connectivity index (χ2v) is 7.28. The Bertz CT molecular complexity index is 949. The van der Waals surface area contributed by atoms with Gasteiger partial charge in [-0.2, -0.15) is 0 Å². The Kier molecular flexibility index (Phi) is 6.82. The summed E-state index contributed by atoms with van der Waals surface area (Å²) in [7, 11) is 0. The number of aromatic nitrogens is 4. The van der Waals surface area contributed by atoms with E-state index in [9.17, 15) is 0 Å². The standard InChI is InChI=1S/C17H17BrCl2N6O2/c1-2-27-15-7-10(8-22-26-17(21)23-24-25-26)6-12(18)16(15)28-9-11-13(19)4-3-5-14(11)20/h3-7,22H,2,8-9H2,1H3,(H2,21,23,25). The van der Waals surface area contributed by atoms with Gasteiger partial charge in [0.15, 0.2) is 11.5 Å². The normalized spacial score (nSPS) is 10.7. The molecule has 0 atom stereocenters. The van der Waals surface area contributed by atoms with E-state index in [-0.39, 0.29) is 12.6 Å². The smallest absolute Gasteiger partial charge is 0.260 e. The lowest BCUT2D eigenvalue weighted by Gasteiger charge is -2.17. The number of nitrogens with two attached hydrogens (primary N) is 1. The van der Waals surface area contributed by atoms with E-state index in [0.717, 1.165) is 10.0 Å². The summed E-state index contributed by atoms with van der Waals surface area (Å²) >= 11 is 16.0. The van der Waals surface area contributed by atoms with Crippen molar-refractivity contribution in [2.45, 2.75) is 20.1 Å². The molecule has 0 amide bonds. The van der Waals surface area contributed by atoms with Crippen LogP contribution >= 0.6 is 39.1 Å². The van der Waals surface area contributed by atoms with Gasteiger partial charge in [-0.25, -0.2) is 0 Å². The highest BCUT2D eigenvalue weighted by molar-refractivity contribution is 9.10. The number of ether oxygens (including phenoxy) is 2. The fourth-order valence-corrected chi connectivity index (χ4v) is 3.52. The number of hydrogen-bond acceptors (Lipinski definition) is 7. The monoisotopic (exact) mass is 486 g/mol. The highest BCUT2D eigenvalue weighted by Crippen LogP contribution is 2.38. The van der Waals surface area contributed by atoms with E-state index in [1.54, 1.807) is 18.2 Å². The first-order chi connectivity index (χ1) is 13.5. The first-order valence-corrected chi connectivity index (χ1v) is 9.83. The van der Waals surface area contributed by atoms with Crippen molar-refractivity contribution in [3.8, 4) is 11.5 Å². The number of hydrogen-bond donors (Lipinski definition) is 2. The van der Waals surface area contributed by atoms with Crippen molar-refractivity contribution in [1.29, 1.82) is 0 Å². The van der Waals surface area contributed by atoms with Gasteiger partial charge in [0, 0.05) is 15.6 Å². The van der Waals surface area contributed by atoms with Crippen molar-refractivity contribution in [1.82, 2.24) is 20.3 Å². The van der Waals surface area contributed by atoms with Gasteiger partial charge in [0.2, 0.25) is 0 Å². The third-order valence-corrected chi connectivity index (χ3v) is 5.02. The Morgan fingerprint density at radius 2 is 1.96 bits per heavy atom. The Morgan fingerprint density at radius 3 is 2.61 bits per heavy atom. The zero-order valence-corrected chi connectivity index (χ0v) is 17.9. The average Bonchev–Trinajstić information content (AvgIpc) is 3.06. The van der Waals surface area contributed by atoms with Crippen LogP contribution in [0, 0.1) is 0 Å². The van der Waals surface area contributed by atoms with Gasteiger partial charge in [-0.1, -0.05) is 34.4 Å². The lowest BCUT2D eigenvalue weighted by Crippen LogP contribution is -2.18. The van der Waals surface area contributed by atoms with Crippen molar-refractivity contribution >= 4 is 45.1 Å². The van der Waals surface area contributed by atoms with Gasteiger partial charge in [0.1, 0.15) is 6.61 Å². The van der Waals surface area contributed by atoms with Gasteiger partial charge in [0.05, 0.1) is 17.6 Å². The number of halogens is 3. The zero-order chi connectivity index (χ0) is 20.1. The highest BCUT2D eigenvalue weighted by atomic mass is 79.9. The van der Waals surface area contributed by atoms with Crippen molar-refractivity contribution in [2.75, 3.05) is 17.8 Å². The molecule has 28 heavy (non-hydrogen) atoms. The molecular weight excluding hydrogens is 471 g/mol. The molecule has 0 unspecified atom stereocenters. The van der Waals surface area contributed by atoms with Crippen molar-refractivity contribution in [2.24, 2.45) is 0 Å². The van der Waals surface area contributed by atoms with E-state index in [2.05, 4.69) is 36.9 Å². The number of nitrogens with zero attached hydrogens (tertiary/aromatic N) is 4. The number of tetrazole rings is 1. The van der Waals surface area contributed by atoms with Crippen molar-refractivity contribution in [3.05, 3.63) is 56.0 Å². The quantitative estimate of drug-likeness (QED) is 0.494. The predicted molar refractivity (Wildman–Crippen MR) is 111 cm³/mol. The van der Waals surface area contributed by atoms with Gasteiger partial charge in [-0.3, -0.25) is 0 Å². The van der Waals surface area contributed by atoms with Crippen LogP contribution in [0.1, 0.15) is 18.1 Å². The maximum absolute atomic E-state index is 6.22. The largest absolute Gasteiger partial charge is 0.490 e. The van der Waals surface area contributed by atoms with E-state index in [1.807, 2.05) is 19.1 Å². The van der Waals surface area contributed by atoms with Gasteiger partial charge in [0.25, 0.3) is 5.95 Å². The number of anilines is 1. The van der Waals surface area contributed by atoms with Crippen LogP contribution in [0.15, 0.2) is 34.8 Å². The Morgan fingerprint density at radius 1 is 1.21 bits per heavy atom. The Balaban J connectivity index is 1.79. The third kappa shape index (κ3) is 4.78. The van der Waals surface area contributed by atoms with Crippen LogP contribution in [0.4, 0.5) is 5.95 Å². The van der Waals surface area contributed by atoms with E-state index >= 15 is 0 Å². The molecule has 1 aromatic heterocycles. The molecule has 0 aliphatic carbocycles. The molecule has 0 radical (unpaired) electrons. The summed E-state index contributed by atoms with van der Waals surface area (Å²) in [5.74, 6) is 1.31. The summed E-state index contributed by atoms with van der Waals surface area (Å²) in [6.07, 6.45) is 0. The van der Waals surface area contributed by atoms with Gasteiger partial charge in [-0.15, -0.1) is 4.79 Å². The minimum absolute atomic E-state index is 0.167. The second kappa shape index (κ2) is 9.31. The summed E-state index contributed by atoms with van der Waals surface area (Å²) in [4.78, 5) is 1.29. The molecule has 3 aromatic rings. The third-order valence-electron chi connectivity index (χ3n) is 3.72. The summed E-state index contributed by atoms with van der Waals surface area (Å²) in [5, 5.41) is 11.9. The van der Waals surface area contributed by atoms with Crippen LogP contribution in [0.5, 0.6) is 11.5 Å². The molecule has 3 rings (SSSR count). The van der Waals surface area contributed by atoms with Crippen LogP contribution in [-0.4, -0.2) is 26.9 Å². The summed E-state index contributed by atoms with van der Waals surface area (Å²) in [6.45, 7) is 3.00. The maximum atomic E-state index is 6.22. The van der Waals surface area contributed by atoms with Crippen LogP contribution in [-0.2, 0) is 13.2 Å². The highest BCUT2D eigenvalue weighted by Gasteiger charge is 2.15. The van der Waals surface area contributed by atoms with Crippen molar-refractivity contribution < 1.29 is 9.47 Å². The predicted octanol–water partition coefficient (Wildman–Crippen LogP) is 4.05. The minimum Gasteiger partial charge on any atom is -0.490 e. The molecular formula is C17H17BrCl2N6O2. The van der Waals surface area contributed by atoms with E-state index in [0.29, 0.717) is 40.3 Å². The molecule has 1 heterocycles. The fourth-order valence-electron chi connectivity index (χ4n) is 2.41. The molecule has 8 nitrogen and oxygen atoms in total. The van der Waals surface area contributed by atoms with Crippen molar-refractivity contribution in [3.63, 3.8) is 0 Å². The first kappa shape index (κ1) is 20.5. The van der Waals surface area contributed by atoms with Crippen LogP contribution < -0.4 is 20.6 Å². The van der Waals surface area contributed by atoms with Gasteiger partial charge < -0.3 is 20.6 Å². The van der Waals surface area contributed by atoms with E-state index in [4.69, 9.17) is 38.4 Å². The molecule has 0 saturated carbocycles. The lowest BCUT2D eigenvalue weighted by molar-refractivity contribution is 0.267. The van der Waals surface area contributed by atoms with E-state index < -0.39 is 0 Å². The maximum Gasteiger partial charge on any atom is 0.260 e. The molecule has 0 aliphatic heterocycles. The molecule has 0 fully saturated rings. The Labute approximate surface area is 180 Å². The molecule has 2 aromatic carbocycles. The molecule has 148 valence electrons. The topological polar surface area (TPSA) is 100 Å². The molecule has 0 bridgehead atoms. The second-order valence-electron chi connectivity index (χ2n) is 5.61. The van der Waals surface area contributed by atoms with Gasteiger partial charge in [-0.05, 0) is 63.1 Å². The summed E-state index contributed by atoms with van der Waals surface area (Å²) in [5.41, 5.74) is 10.3. The Hall–Kier alpha value is -2.23. The first-order valence-electron chi connectivity index (χ1n) is 8.28. The SMILES string of the molecule is CCOc1cc(CNn2nnnc2N)cc(Br)c1OCc1c(Cl)cccc1Cl. The minimum atomic E-state index is 0.167. The zero-order valence-electron chi connectivity index (χ0n) is 14.8. The van der Waals surface area contributed by atoms with Crippen LogP contribution in [0.3, 0.4) is 0 Å². The van der Waals surface area contributed by atoms with Crippen LogP contribution in [0.2, 0.25) is 10.0 Å². The summed E-state index contributed by atoms with van der Waals surface area (Å²) in [6, 6.07) is 9.09. The average molecular weight is 488 g/mol. The molecule has 0 spiro atoms. The van der Waals surface area contributed by atoms with E-state index in [1.165, 1.54) is 4.79 Å². The molecule has 11 heteroatoms. The number of nitrogens with one attached hydrogen (secondary N) is 1. The molecule has 3 N–H and O–H groups in total. The van der Waals surface area contributed by atoms with Gasteiger partial charge >= 0.3 is 0 Å². The summed E-state index contributed by atoms with van der Waals surface area (Å²) < 4.78 is 12.4. The number of nitrogen functional groups attached to an aromatic ring is 1. The number of rotatable bonds is 8. The lowest BCUT2D eigenvalue weighted by atomic mass is 10.2. The fraction of sp³-hybridized carbons (Fsp3) is 0.235. The molecule has 0 saturated heterocycles. The molecule has 0 aliphatic rings. The van der Waals surface area contributed by atoms with Crippen LogP contribution in [0.25, 0.3) is 0 Å².